The summed E-state index contributed by atoms with van der Waals surface area (Å²) < 4.78 is 10.5. The van der Waals surface area contributed by atoms with Crippen LogP contribution in [0.2, 0.25) is 0 Å². The molecule has 0 spiro atoms. The van der Waals surface area contributed by atoms with E-state index in [0.717, 1.165) is 5.56 Å². The van der Waals surface area contributed by atoms with Crippen LogP contribution in [0.3, 0.4) is 0 Å². The number of nitrogens with zero attached hydrogens (tertiary/aromatic N) is 1. The average Bonchev–Trinajstić information content (AvgIpc) is 2.54. The molecular weight excluding hydrogens is 296 g/mol. The van der Waals surface area contributed by atoms with Gasteiger partial charge in [0.2, 0.25) is 5.71 Å². The number of aryl methyl sites for hydroxylation is 1. The van der Waals surface area contributed by atoms with Gasteiger partial charge in [0.05, 0.1) is 6.61 Å². The molecule has 0 aliphatic heterocycles. The number of rotatable bonds is 5. The summed E-state index contributed by atoms with van der Waals surface area (Å²) in [5.74, 6) is 0. The molecule has 3 rings (SSSR count). The maximum atomic E-state index is 12.2. The Hall–Kier alpha value is -2.89. The Labute approximate surface area is 131 Å². The summed E-state index contributed by atoms with van der Waals surface area (Å²) in [5, 5.41) is 0.294. The molecular formula is C17H16N2O4. The molecule has 0 amide bonds. The van der Waals surface area contributed by atoms with Gasteiger partial charge in [0.15, 0.2) is 0 Å². The van der Waals surface area contributed by atoms with Crippen LogP contribution in [0.1, 0.15) is 18.1 Å². The Morgan fingerprint density at radius 1 is 1.22 bits per heavy atom. The third kappa shape index (κ3) is 3.31. The SMILES string of the molecule is CCc1cc(=O)oc2nc(OCCc3ccccc3)[nH]c(=O)c12. The number of hydrogen-bond donors (Lipinski definition) is 1. The smallest absolute Gasteiger partial charge is 0.337 e. The number of fused-ring (bicyclic) bond motifs is 1. The molecule has 0 atom stereocenters. The Bertz CT molecular complexity index is 929. The van der Waals surface area contributed by atoms with Crippen molar-refractivity contribution in [2.75, 3.05) is 6.61 Å². The summed E-state index contributed by atoms with van der Waals surface area (Å²) in [7, 11) is 0. The molecule has 0 fully saturated rings. The van der Waals surface area contributed by atoms with Crippen molar-refractivity contribution >= 4 is 11.1 Å². The van der Waals surface area contributed by atoms with Crippen molar-refractivity contribution in [2.45, 2.75) is 19.8 Å². The first-order chi connectivity index (χ1) is 11.2. The van der Waals surface area contributed by atoms with Gasteiger partial charge >= 0.3 is 5.63 Å². The maximum Gasteiger partial charge on any atom is 0.337 e. The van der Waals surface area contributed by atoms with E-state index in [1.54, 1.807) is 0 Å². The lowest BCUT2D eigenvalue weighted by Crippen LogP contribution is -2.16. The lowest BCUT2D eigenvalue weighted by atomic mass is 10.1. The molecule has 0 unspecified atom stereocenters. The van der Waals surface area contributed by atoms with Gasteiger partial charge in [-0.05, 0) is 17.5 Å². The molecule has 23 heavy (non-hydrogen) atoms. The van der Waals surface area contributed by atoms with Gasteiger partial charge < -0.3 is 9.15 Å². The number of H-pyrrole nitrogens is 1. The van der Waals surface area contributed by atoms with Crippen LogP contribution in [0.5, 0.6) is 6.01 Å². The van der Waals surface area contributed by atoms with Gasteiger partial charge in [0, 0.05) is 12.5 Å². The highest BCUT2D eigenvalue weighted by molar-refractivity contribution is 5.75. The topological polar surface area (TPSA) is 85.2 Å². The van der Waals surface area contributed by atoms with Crippen LogP contribution in [0.15, 0.2) is 50.4 Å². The molecule has 0 bridgehead atoms. The Morgan fingerprint density at radius 2 is 2.00 bits per heavy atom. The highest BCUT2D eigenvalue weighted by Crippen LogP contribution is 2.13. The summed E-state index contributed by atoms with van der Waals surface area (Å²) in [6.07, 6.45) is 1.22. The molecule has 2 aromatic heterocycles. The van der Waals surface area contributed by atoms with Crippen LogP contribution in [-0.4, -0.2) is 16.6 Å². The zero-order valence-corrected chi connectivity index (χ0v) is 12.7. The minimum Gasteiger partial charge on any atom is -0.464 e. The second-order valence-corrected chi connectivity index (χ2v) is 5.08. The molecule has 3 aromatic rings. The van der Waals surface area contributed by atoms with E-state index >= 15 is 0 Å². The van der Waals surface area contributed by atoms with Crippen LogP contribution in [0.25, 0.3) is 11.1 Å². The molecule has 118 valence electrons. The maximum absolute atomic E-state index is 12.2. The average molecular weight is 312 g/mol. The molecule has 2 heterocycles. The van der Waals surface area contributed by atoms with E-state index in [2.05, 4.69) is 9.97 Å². The summed E-state index contributed by atoms with van der Waals surface area (Å²) in [6, 6.07) is 11.2. The molecule has 0 saturated carbocycles. The lowest BCUT2D eigenvalue weighted by molar-refractivity contribution is 0.295. The molecule has 6 heteroatoms. The number of benzene rings is 1. The number of aromatic nitrogens is 2. The fourth-order valence-electron chi connectivity index (χ4n) is 2.39. The molecule has 1 N–H and O–H groups in total. The standard InChI is InChI=1S/C17H16N2O4/c1-2-12-10-13(20)23-16-14(12)15(21)18-17(19-16)22-9-8-11-6-4-3-5-7-11/h3-7,10H,2,8-9H2,1H3,(H,18,19,21). The minimum atomic E-state index is -0.525. The van der Waals surface area contributed by atoms with E-state index in [9.17, 15) is 9.59 Å². The van der Waals surface area contributed by atoms with E-state index < -0.39 is 5.63 Å². The van der Waals surface area contributed by atoms with E-state index in [1.165, 1.54) is 6.07 Å². The Balaban J connectivity index is 1.85. The van der Waals surface area contributed by atoms with E-state index in [4.69, 9.17) is 9.15 Å². The van der Waals surface area contributed by atoms with Crippen molar-refractivity contribution in [1.29, 1.82) is 0 Å². The zero-order valence-electron chi connectivity index (χ0n) is 12.7. The highest BCUT2D eigenvalue weighted by atomic mass is 16.5. The van der Waals surface area contributed by atoms with Crippen LogP contribution < -0.4 is 15.9 Å². The summed E-state index contributed by atoms with van der Waals surface area (Å²) in [4.78, 5) is 30.4. The van der Waals surface area contributed by atoms with Crippen molar-refractivity contribution in [1.82, 2.24) is 9.97 Å². The number of aromatic amines is 1. The van der Waals surface area contributed by atoms with E-state index in [0.29, 0.717) is 30.4 Å². The second kappa shape index (κ2) is 6.48. The number of nitrogens with one attached hydrogen (secondary N) is 1. The fraction of sp³-hybridized carbons (Fsp3) is 0.235. The van der Waals surface area contributed by atoms with Crippen LogP contribution >= 0.6 is 0 Å². The zero-order chi connectivity index (χ0) is 16.2. The van der Waals surface area contributed by atoms with Crippen molar-refractivity contribution in [2.24, 2.45) is 0 Å². The third-order valence-electron chi connectivity index (χ3n) is 3.53. The van der Waals surface area contributed by atoms with Gasteiger partial charge in [0.1, 0.15) is 5.39 Å². The number of ether oxygens (including phenoxy) is 1. The van der Waals surface area contributed by atoms with Gasteiger partial charge in [-0.3, -0.25) is 9.78 Å². The van der Waals surface area contributed by atoms with Gasteiger partial charge in [-0.2, -0.15) is 4.98 Å². The summed E-state index contributed by atoms with van der Waals surface area (Å²) in [6.45, 7) is 2.22. The van der Waals surface area contributed by atoms with Crippen molar-refractivity contribution in [3.8, 4) is 6.01 Å². The number of hydrogen-bond acceptors (Lipinski definition) is 5. The second-order valence-electron chi connectivity index (χ2n) is 5.08. The van der Waals surface area contributed by atoms with Crippen LogP contribution in [-0.2, 0) is 12.8 Å². The normalized spacial score (nSPS) is 10.8. The van der Waals surface area contributed by atoms with Crippen LogP contribution in [0, 0.1) is 0 Å². The molecule has 0 radical (unpaired) electrons. The van der Waals surface area contributed by atoms with Gasteiger partial charge in [-0.15, -0.1) is 0 Å². The predicted molar refractivity (Wildman–Crippen MR) is 85.9 cm³/mol. The summed E-state index contributed by atoms with van der Waals surface area (Å²) >= 11 is 0. The first-order valence-electron chi connectivity index (χ1n) is 7.41. The van der Waals surface area contributed by atoms with Gasteiger partial charge in [-0.25, -0.2) is 4.79 Å². The largest absolute Gasteiger partial charge is 0.464 e. The lowest BCUT2D eigenvalue weighted by Gasteiger charge is -2.06. The van der Waals surface area contributed by atoms with Gasteiger partial charge in [-0.1, -0.05) is 37.3 Å². The van der Waals surface area contributed by atoms with Gasteiger partial charge in [0.25, 0.3) is 11.6 Å². The van der Waals surface area contributed by atoms with Crippen molar-refractivity contribution in [3.05, 3.63) is 68.3 Å². The van der Waals surface area contributed by atoms with Crippen molar-refractivity contribution < 1.29 is 9.15 Å². The first-order valence-corrected chi connectivity index (χ1v) is 7.41. The molecule has 6 nitrogen and oxygen atoms in total. The Kier molecular flexibility index (Phi) is 4.23. The van der Waals surface area contributed by atoms with Crippen LogP contribution in [0.4, 0.5) is 0 Å². The molecule has 0 aliphatic rings. The van der Waals surface area contributed by atoms with E-state index in [1.807, 2.05) is 37.3 Å². The molecule has 1 aromatic carbocycles. The quantitative estimate of drug-likeness (QED) is 0.779. The van der Waals surface area contributed by atoms with Crippen molar-refractivity contribution in [3.63, 3.8) is 0 Å². The first kappa shape index (κ1) is 15.0. The van der Waals surface area contributed by atoms with E-state index in [-0.39, 0.29) is 17.3 Å². The third-order valence-corrected chi connectivity index (χ3v) is 3.53. The molecule has 0 saturated heterocycles. The summed E-state index contributed by atoms with van der Waals surface area (Å²) in [5.41, 5.74) is 0.845. The fourth-order valence-corrected chi connectivity index (χ4v) is 2.39. The predicted octanol–water partition coefficient (Wildman–Crippen LogP) is 2.06. The minimum absolute atomic E-state index is 0.00723. The monoisotopic (exact) mass is 312 g/mol. The Morgan fingerprint density at radius 3 is 2.74 bits per heavy atom. The highest BCUT2D eigenvalue weighted by Gasteiger charge is 2.12. The molecule has 0 aliphatic carbocycles.